The first-order valence-electron chi connectivity index (χ1n) is 5.18. The quantitative estimate of drug-likeness (QED) is 0.665. The van der Waals surface area contributed by atoms with Crippen molar-refractivity contribution in [1.82, 2.24) is 5.32 Å². The van der Waals surface area contributed by atoms with E-state index >= 15 is 0 Å². The van der Waals surface area contributed by atoms with E-state index in [2.05, 4.69) is 18.8 Å². The van der Waals surface area contributed by atoms with Crippen molar-refractivity contribution in [3.63, 3.8) is 0 Å². The fraction of sp³-hybridized carbons (Fsp3) is 0.727. The number of hydrogen-bond acceptors (Lipinski definition) is 1. The van der Waals surface area contributed by atoms with E-state index in [1.165, 1.54) is 5.57 Å². The molecule has 1 fully saturated rings. The zero-order valence-corrected chi connectivity index (χ0v) is 8.44. The van der Waals surface area contributed by atoms with Gasteiger partial charge in [0.2, 0.25) is 5.91 Å². The third kappa shape index (κ3) is 3.21. The number of hydrogen-bond donors (Lipinski definition) is 1. The maximum atomic E-state index is 11.6. The Morgan fingerprint density at radius 3 is 3.08 bits per heavy atom. The molecule has 0 aromatic rings. The Hall–Kier alpha value is -0.790. The molecule has 1 aliphatic rings. The van der Waals surface area contributed by atoms with E-state index in [9.17, 15) is 4.79 Å². The molecule has 1 aliphatic carbocycles. The van der Waals surface area contributed by atoms with Crippen LogP contribution in [0, 0.1) is 5.92 Å². The maximum absolute atomic E-state index is 11.6. The van der Waals surface area contributed by atoms with Crippen LogP contribution in [0.25, 0.3) is 0 Å². The Labute approximate surface area is 80.4 Å². The van der Waals surface area contributed by atoms with Crippen molar-refractivity contribution in [3.8, 4) is 0 Å². The van der Waals surface area contributed by atoms with Gasteiger partial charge in [-0.1, -0.05) is 19.1 Å². The Kier molecular flexibility index (Phi) is 4.00. The summed E-state index contributed by atoms with van der Waals surface area (Å²) in [6.45, 7) is 6.82. The third-order valence-electron chi connectivity index (χ3n) is 2.54. The number of amides is 1. The fourth-order valence-electron chi connectivity index (χ4n) is 1.77. The molecule has 0 heterocycles. The molecule has 1 amide bonds. The molecule has 2 nitrogen and oxygen atoms in total. The Morgan fingerprint density at radius 2 is 2.46 bits per heavy atom. The van der Waals surface area contributed by atoms with Crippen LogP contribution in [-0.4, -0.2) is 12.5 Å². The van der Waals surface area contributed by atoms with E-state index in [0.29, 0.717) is 0 Å². The van der Waals surface area contributed by atoms with Crippen molar-refractivity contribution in [3.05, 3.63) is 12.2 Å². The third-order valence-corrected chi connectivity index (χ3v) is 2.54. The van der Waals surface area contributed by atoms with Gasteiger partial charge in [0.1, 0.15) is 0 Å². The monoisotopic (exact) mass is 181 g/mol. The number of carbonyl (C=O) groups excluding carboxylic acids is 1. The molecule has 0 radical (unpaired) electrons. The van der Waals surface area contributed by atoms with Crippen LogP contribution in [0.1, 0.15) is 39.0 Å². The summed E-state index contributed by atoms with van der Waals surface area (Å²) in [5.41, 5.74) is 1.24. The Morgan fingerprint density at radius 1 is 1.69 bits per heavy atom. The van der Waals surface area contributed by atoms with Crippen molar-refractivity contribution < 1.29 is 4.79 Å². The summed E-state index contributed by atoms with van der Waals surface area (Å²) in [4.78, 5) is 11.6. The highest BCUT2D eigenvalue weighted by atomic mass is 16.1. The predicted molar refractivity (Wildman–Crippen MR) is 54.4 cm³/mol. The van der Waals surface area contributed by atoms with Gasteiger partial charge in [0.25, 0.3) is 0 Å². The van der Waals surface area contributed by atoms with Gasteiger partial charge >= 0.3 is 0 Å². The number of nitrogens with one attached hydrogen (secondary N) is 1. The second-order valence-electron chi connectivity index (χ2n) is 3.83. The zero-order chi connectivity index (χ0) is 9.68. The molecule has 1 unspecified atom stereocenters. The molecule has 1 atom stereocenters. The largest absolute Gasteiger partial charge is 0.356 e. The average Bonchev–Trinajstić information content (AvgIpc) is 2.14. The van der Waals surface area contributed by atoms with Crippen molar-refractivity contribution in [2.24, 2.45) is 5.92 Å². The smallest absolute Gasteiger partial charge is 0.223 e. The van der Waals surface area contributed by atoms with Gasteiger partial charge < -0.3 is 5.32 Å². The molecule has 0 bridgehead atoms. The van der Waals surface area contributed by atoms with E-state index in [4.69, 9.17) is 0 Å². The molecule has 1 N–H and O–H groups in total. The van der Waals surface area contributed by atoms with Crippen molar-refractivity contribution in [2.45, 2.75) is 39.0 Å². The number of allylic oxidation sites excluding steroid dienone is 1. The van der Waals surface area contributed by atoms with E-state index in [0.717, 1.165) is 38.6 Å². The SMILES string of the molecule is C=C1CCCC(C(=O)NCCC)C1. The lowest BCUT2D eigenvalue weighted by molar-refractivity contribution is -0.125. The molecule has 13 heavy (non-hydrogen) atoms. The molecule has 0 saturated heterocycles. The molecule has 0 spiro atoms. The molecule has 2 heteroatoms. The molecule has 1 saturated carbocycles. The first kappa shape index (κ1) is 10.3. The van der Waals surface area contributed by atoms with Gasteiger partial charge in [-0.05, 0) is 32.1 Å². The molecule has 74 valence electrons. The highest BCUT2D eigenvalue weighted by Crippen LogP contribution is 2.27. The van der Waals surface area contributed by atoms with E-state index in [-0.39, 0.29) is 11.8 Å². The lowest BCUT2D eigenvalue weighted by Crippen LogP contribution is -2.32. The van der Waals surface area contributed by atoms with E-state index in [1.807, 2.05) is 0 Å². The molecule has 0 aromatic heterocycles. The van der Waals surface area contributed by atoms with Crippen molar-refractivity contribution >= 4 is 5.91 Å². The number of carbonyl (C=O) groups is 1. The van der Waals surface area contributed by atoms with Crippen LogP contribution in [0.3, 0.4) is 0 Å². The van der Waals surface area contributed by atoms with Gasteiger partial charge in [-0.2, -0.15) is 0 Å². The van der Waals surface area contributed by atoms with E-state index in [1.54, 1.807) is 0 Å². The summed E-state index contributed by atoms with van der Waals surface area (Å²) in [5.74, 6) is 0.426. The number of rotatable bonds is 3. The van der Waals surface area contributed by atoms with Crippen LogP contribution >= 0.6 is 0 Å². The Balaban J connectivity index is 2.32. The topological polar surface area (TPSA) is 29.1 Å². The fourth-order valence-corrected chi connectivity index (χ4v) is 1.77. The van der Waals surface area contributed by atoms with Gasteiger partial charge in [-0.15, -0.1) is 0 Å². The summed E-state index contributed by atoms with van der Waals surface area (Å²) < 4.78 is 0. The standard InChI is InChI=1S/C11H19NO/c1-3-7-12-11(13)10-6-4-5-9(2)8-10/h10H,2-8H2,1H3,(H,12,13). The molecular weight excluding hydrogens is 162 g/mol. The average molecular weight is 181 g/mol. The Bertz CT molecular complexity index is 198. The van der Waals surface area contributed by atoms with Gasteiger partial charge in [0.05, 0.1) is 0 Å². The van der Waals surface area contributed by atoms with Crippen LogP contribution in [0.5, 0.6) is 0 Å². The lowest BCUT2D eigenvalue weighted by Gasteiger charge is -2.22. The van der Waals surface area contributed by atoms with Crippen molar-refractivity contribution in [2.75, 3.05) is 6.54 Å². The summed E-state index contributed by atoms with van der Waals surface area (Å²) >= 11 is 0. The predicted octanol–water partition coefficient (Wildman–Crippen LogP) is 2.26. The highest BCUT2D eigenvalue weighted by molar-refractivity contribution is 5.79. The van der Waals surface area contributed by atoms with Gasteiger partial charge in [0, 0.05) is 12.5 Å². The van der Waals surface area contributed by atoms with E-state index < -0.39 is 0 Å². The molecule has 0 aliphatic heterocycles. The first-order chi connectivity index (χ1) is 6.24. The second kappa shape index (κ2) is 5.05. The minimum absolute atomic E-state index is 0.202. The van der Waals surface area contributed by atoms with Crippen LogP contribution in [0.2, 0.25) is 0 Å². The van der Waals surface area contributed by atoms with Crippen molar-refractivity contribution in [1.29, 1.82) is 0 Å². The minimum atomic E-state index is 0.202. The molecular formula is C11H19NO. The summed E-state index contributed by atoms with van der Waals surface area (Å²) in [7, 11) is 0. The van der Waals surface area contributed by atoms with Crippen LogP contribution in [0.15, 0.2) is 12.2 Å². The first-order valence-corrected chi connectivity index (χ1v) is 5.18. The van der Waals surface area contributed by atoms with Gasteiger partial charge in [-0.25, -0.2) is 0 Å². The minimum Gasteiger partial charge on any atom is -0.356 e. The molecule has 0 aromatic carbocycles. The van der Waals surface area contributed by atoms with Crippen LogP contribution in [0.4, 0.5) is 0 Å². The maximum Gasteiger partial charge on any atom is 0.223 e. The van der Waals surface area contributed by atoms with Gasteiger partial charge in [-0.3, -0.25) is 4.79 Å². The van der Waals surface area contributed by atoms with Gasteiger partial charge in [0.15, 0.2) is 0 Å². The van der Waals surface area contributed by atoms with Crippen LogP contribution in [-0.2, 0) is 4.79 Å². The lowest BCUT2D eigenvalue weighted by atomic mass is 9.86. The second-order valence-corrected chi connectivity index (χ2v) is 3.83. The normalized spacial score (nSPS) is 22.8. The summed E-state index contributed by atoms with van der Waals surface area (Å²) in [6, 6.07) is 0. The summed E-state index contributed by atoms with van der Waals surface area (Å²) in [6.07, 6.45) is 5.18. The molecule has 1 rings (SSSR count). The summed E-state index contributed by atoms with van der Waals surface area (Å²) in [5, 5.41) is 2.94. The zero-order valence-electron chi connectivity index (χ0n) is 8.44. The van der Waals surface area contributed by atoms with Crippen LogP contribution < -0.4 is 5.32 Å². The highest BCUT2D eigenvalue weighted by Gasteiger charge is 2.21.